The van der Waals surface area contributed by atoms with Crippen LogP contribution in [0.1, 0.15) is 31.4 Å². The third-order valence-corrected chi connectivity index (χ3v) is 4.39. The molecular weight excluding hydrogens is 254 g/mol. The lowest BCUT2D eigenvalue weighted by Gasteiger charge is -2.31. The van der Waals surface area contributed by atoms with Crippen molar-refractivity contribution in [1.82, 2.24) is 5.32 Å². The van der Waals surface area contributed by atoms with Crippen LogP contribution in [0.25, 0.3) is 0 Å². The number of hydrogen-bond donors (Lipinski definition) is 1. The van der Waals surface area contributed by atoms with E-state index in [9.17, 15) is 0 Å². The summed E-state index contributed by atoms with van der Waals surface area (Å²) in [6.07, 6.45) is 2.15. The first kappa shape index (κ1) is 13.7. The third-order valence-electron chi connectivity index (χ3n) is 4.39. The van der Waals surface area contributed by atoms with Crippen LogP contribution in [0, 0.1) is 5.92 Å². The lowest BCUT2D eigenvalue weighted by atomic mass is 9.95. The first-order valence-electron chi connectivity index (χ1n) is 7.42. The minimum atomic E-state index is 0.337. The average Bonchev–Trinajstić information content (AvgIpc) is 3.01. The zero-order valence-electron chi connectivity index (χ0n) is 12.2. The molecule has 20 heavy (non-hydrogen) atoms. The van der Waals surface area contributed by atoms with Crippen LogP contribution in [0.2, 0.25) is 0 Å². The molecule has 2 heterocycles. The van der Waals surface area contributed by atoms with E-state index in [0.717, 1.165) is 44.2 Å². The molecule has 3 rings (SSSR count). The first-order chi connectivity index (χ1) is 9.78. The molecule has 3 atom stereocenters. The van der Waals surface area contributed by atoms with Gasteiger partial charge in [0.2, 0.25) is 0 Å². The number of methoxy groups -OCH3 is 1. The third kappa shape index (κ3) is 2.76. The van der Waals surface area contributed by atoms with Crippen LogP contribution in [0.3, 0.4) is 0 Å². The summed E-state index contributed by atoms with van der Waals surface area (Å²) in [5, 5.41) is 3.75. The Morgan fingerprint density at radius 1 is 1.30 bits per heavy atom. The van der Waals surface area contributed by atoms with Gasteiger partial charge in [0.15, 0.2) is 0 Å². The fourth-order valence-electron chi connectivity index (χ4n) is 3.07. The predicted molar refractivity (Wildman–Crippen MR) is 77.4 cm³/mol. The smallest absolute Gasteiger partial charge is 0.124 e. The largest absolute Gasteiger partial charge is 0.497 e. The lowest BCUT2D eigenvalue weighted by Crippen LogP contribution is -2.38. The highest BCUT2D eigenvalue weighted by atomic mass is 16.5. The predicted octanol–water partition coefficient (Wildman–Crippen LogP) is 2.53. The van der Waals surface area contributed by atoms with Crippen LogP contribution < -0.4 is 14.8 Å². The Labute approximate surface area is 120 Å². The second-order valence-corrected chi connectivity index (χ2v) is 5.67. The van der Waals surface area contributed by atoms with Gasteiger partial charge in [-0.2, -0.15) is 0 Å². The van der Waals surface area contributed by atoms with E-state index in [1.807, 2.05) is 12.1 Å². The van der Waals surface area contributed by atoms with Crippen molar-refractivity contribution in [2.75, 3.05) is 26.9 Å². The van der Waals surface area contributed by atoms with Crippen LogP contribution in [0.5, 0.6) is 11.5 Å². The normalized spacial score (nSPS) is 26.7. The second kappa shape index (κ2) is 6.02. The van der Waals surface area contributed by atoms with E-state index in [1.54, 1.807) is 7.11 Å². The Morgan fingerprint density at radius 3 is 2.95 bits per heavy atom. The van der Waals surface area contributed by atoms with Gasteiger partial charge >= 0.3 is 0 Å². The van der Waals surface area contributed by atoms with E-state index in [4.69, 9.17) is 14.2 Å². The summed E-state index contributed by atoms with van der Waals surface area (Å²) in [5.41, 5.74) is 1.21. The molecule has 0 aromatic heterocycles. The van der Waals surface area contributed by atoms with E-state index in [0.29, 0.717) is 18.0 Å². The highest BCUT2D eigenvalue weighted by Gasteiger charge is 2.28. The first-order valence-corrected chi connectivity index (χ1v) is 7.42. The standard InChI is InChI=1S/C16H23NO3/c1-11(12-5-7-19-10-12)17-15-6-8-20-16-4-3-13(18-2)9-14(15)16/h3-4,9,11-12,15,17H,5-8,10H2,1-2H3. The van der Waals surface area contributed by atoms with E-state index in [1.165, 1.54) is 5.56 Å². The van der Waals surface area contributed by atoms with Crippen molar-refractivity contribution in [3.8, 4) is 11.5 Å². The van der Waals surface area contributed by atoms with Crippen LogP contribution in [0.4, 0.5) is 0 Å². The number of ether oxygens (including phenoxy) is 3. The molecule has 1 aromatic rings. The minimum absolute atomic E-state index is 0.337. The molecular formula is C16H23NO3. The van der Waals surface area contributed by atoms with Crippen LogP contribution in [0.15, 0.2) is 18.2 Å². The Balaban J connectivity index is 1.74. The summed E-state index contributed by atoms with van der Waals surface area (Å²) in [5.74, 6) is 2.48. The number of fused-ring (bicyclic) bond motifs is 1. The molecule has 1 saturated heterocycles. The van der Waals surface area contributed by atoms with Gasteiger partial charge < -0.3 is 19.5 Å². The van der Waals surface area contributed by atoms with Gasteiger partial charge in [0, 0.05) is 30.7 Å². The molecule has 4 nitrogen and oxygen atoms in total. The highest BCUT2D eigenvalue weighted by molar-refractivity contribution is 5.43. The van der Waals surface area contributed by atoms with Crippen molar-refractivity contribution < 1.29 is 14.2 Å². The van der Waals surface area contributed by atoms with Gasteiger partial charge in [-0.3, -0.25) is 0 Å². The van der Waals surface area contributed by atoms with Crippen molar-refractivity contribution in [3.05, 3.63) is 23.8 Å². The molecule has 4 heteroatoms. The topological polar surface area (TPSA) is 39.7 Å². The maximum absolute atomic E-state index is 5.74. The van der Waals surface area contributed by atoms with Gasteiger partial charge in [-0.1, -0.05) is 0 Å². The number of hydrogen-bond acceptors (Lipinski definition) is 4. The molecule has 1 N–H and O–H groups in total. The van der Waals surface area contributed by atoms with Crippen molar-refractivity contribution in [2.45, 2.75) is 31.8 Å². The summed E-state index contributed by atoms with van der Waals surface area (Å²) in [6.45, 7) is 4.80. The van der Waals surface area contributed by atoms with Gasteiger partial charge in [0.05, 0.1) is 20.3 Å². The minimum Gasteiger partial charge on any atom is -0.497 e. The summed E-state index contributed by atoms with van der Waals surface area (Å²) < 4.78 is 16.6. The molecule has 110 valence electrons. The van der Waals surface area contributed by atoms with Crippen LogP contribution in [-0.2, 0) is 4.74 Å². The molecule has 1 aromatic carbocycles. The molecule has 3 unspecified atom stereocenters. The van der Waals surface area contributed by atoms with Gasteiger partial charge in [-0.25, -0.2) is 0 Å². The molecule has 0 spiro atoms. The highest BCUT2D eigenvalue weighted by Crippen LogP contribution is 2.35. The quantitative estimate of drug-likeness (QED) is 0.918. The molecule has 0 amide bonds. The Morgan fingerprint density at radius 2 is 2.20 bits per heavy atom. The maximum Gasteiger partial charge on any atom is 0.124 e. The van der Waals surface area contributed by atoms with Gasteiger partial charge in [0.25, 0.3) is 0 Å². The molecule has 0 radical (unpaired) electrons. The summed E-state index contributed by atoms with van der Waals surface area (Å²) in [4.78, 5) is 0. The zero-order valence-corrected chi connectivity index (χ0v) is 12.2. The lowest BCUT2D eigenvalue weighted by molar-refractivity contribution is 0.173. The maximum atomic E-state index is 5.74. The van der Waals surface area contributed by atoms with Crippen molar-refractivity contribution in [3.63, 3.8) is 0 Å². The van der Waals surface area contributed by atoms with Crippen LogP contribution in [-0.4, -0.2) is 33.0 Å². The number of nitrogens with one attached hydrogen (secondary N) is 1. The number of rotatable bonds is 4. The Kier molecular flexibility index (Phi) is 4.13. The van der Waals surface area contributed by atoms with Crippen LogP contribution >= 0.6 is 0 Å². The molecule has 1 fully saturated rings. The number of benzene rings is 1. The molecule has 2 aliphatic rings. The second-order valence-electron chi connectivity index (χ2n) is 5.67. The van der Waals surface area contributed by atoms with Gasteiger partial charge in [-0.15, -0.1) is 0 Å². The van der Waals surface area contributed by atoms with Gasteiger partial charge in [0.1, 0.15) is 11.5 Å². The molecule has 0 bridgehead atoms. The van der Waals surface area contributed by atoms with Crippen molar-refractivity contribution in [2.24, 2.45) is 5.92 Å². The fourth-order valence-corrected chi connectivity index (χ4v) is 3.07. The molecule has 2 aliphatic heterocycles. The zero-order chi connectivity index (χ0) is 13.9. The fraction of sp³-hybridized carbons (Fsp3) is 0.625. The molecule has 0 aliphatic carbocycles. The van der Waals surface area contributed by atoms with Crippen molar-refractivity contribution in [1.29, 1.82) is 0 Å². The monoisotopic (exact) mass is 277 g/mol. The summed E-state index contributed by atoms with van der Waals surface area (Å²) >= 11 is 0. The van der Waals surface area contributed by atoms with Crippen molar-refractivity contribution >= 4 is 0 Å². The van der Waals surface area contributed by atoms with E-state index in [-0.39, 0.29) is 0 Å². The van der Waals surface area contributed by atoms with E-state index in [2.05, 4.69) is 18.3 Å². The summed E-state index contributed by atoms with van der Waals surface area (Å²) in [7, 11) is 1.70. The molecule has 0 saturated carbocycles. The average molecular weight is 277 g/mol. The van der Waals surface area contributed by atoms with E-state index >= 15 is 0 Å². The Bertz CT molecular complexity index is 457. The SMILES string of the molecule is COc1ccc2c(c1)C(NC(C)C1CCOC1)CCO2. The van der Waals surface area contributed by atoms with Gasteiger partial charge in [-0.05, 0) is 37.5 Å². The Hall–Kier alpha value is -1.26. The van der Waals surface area contributed by atoms with E-state index < -0.39 is 0 Å². The summed E-state index contributed by atoms with van der Waals surface area (Å²) in [6, 6.07) is 6.84.